The van der Waals surface area contributed by atoms with Crippen LogP contribution in [-0.4, -0.2) is 35.0 Å². The van der Waals surface area contributed by atoms with Crippen LogP contribution in [0.1, 0.15) is 28.9 Å². The van der Waals surface area contributed by atoms with Gasteiger partial charge in [-0.05, 0) is 48.9 Å². The van der Waals surface area contributed by atoms with Crippen molar-refractivity contribution >= 4 is 28.4 Å². The zero-order valence-electron chi connectivity index (χ0n) is 14.7. The van der Waals surface area contributed by atoms with Crippen LogP contribution in [-0.2, 0) is 0 Å². The first-order valence-corrected chi connectivity index (χ1v) is 9.27. The number of halogens is 1. The van der Waals surface area contributed by atoms with E-state index in [1.165, 1.54) is 5.56 Å². The van der Waals surface area contributed by atoms with Crippen molar-refractivity contribution in [3.8, 4) is 5.75 Å². The minimum absolute atomic E-state index is 0.0591. The number of likely N-dealkylation sites (tertiary alicyclic amines) is 1. The molecular formula is C21H21ClN2O2. The Morgan fingerprint density at radius 1 is 1.12 bits per heavy atom. The van der Waals surface area contributed by atoms with Crippen molar-refractivity contribution in [2.24, 2.45) is 0 Å². The van der Waals surface area contributed by atoms with E-state index < -0.39 is 0 Å². The summed E-state index contributed by atoms with van der Waals surface area (Å²) >= 11 is 5.90. The van der Waals surface area contributed by atoms with E-state index in [2.05, 4.69) is 17.1 Å². The number of fused-ring (bicyclic) bond motifs is 1. The van der Waals surface area contributed by atoms with Gasteiger partial charge in [0.1, 0.15) is 17.5 Å². The van der Waals surface area contributed by atoms with Crippen molar-refractivity contribution in [3.63, 3.8) is 0 Å². The first-order chi connectivity index (χ1) is 12.6. The number of carbonyl (C=O) groups excluding carboxylic acids is 1. The summed E-state index contributed by atoms with van der Waals surface area (Å²) in [5.74, 6) is 0.883. The van der Waals surface area contributed by atoms with Crippen molar-refractivity contribution in [2.75, 3.05) is 13.1 Å². The van der Waals surface area contributed by atoms with E-state index in [0.29, 0.717) is 23.8 Å². The maximum absolute atomic E-state index is 12.8. The largest absolute Gasteiger partial charge is 0.490 e. The molecule has 4 nitrogen and oxygen atoms in total. The number of benzene rings is 2. The van der Waals surface area contributed by atoms with E-state index in [4.69, 9.17) is 16.3 Å². The van der Waals surface area contributed by atoms with Gasteiger partial charge >= 0.3 is 0 Å². The third kappa shape index (κ3) is 3.56. The number of hydrogen-bond acceptors (Lipinski definition) is 2. The molecule has 3 aromatic rings. The van der Waals surface area contributed by atoms with E-state index in [0.717, 1.165) is 29.5 Å². The smallest absolute Gasteiger partial charge is 0.270 e. The minimum atomic E-state index is 0.0591. The average Bonchev–Trinajstić information content (AvgIpc) is 3.07. The number of carbonyl (C=O) groups is 1. The summed E-state index contributed by atoms with van der Waals surface area (Å²) in [6.45, 7) is 3.45. The van der Waals surface area contributed by atoms with E-state index in [1.54, 1.807) is 0 Å². The van der Waals surface area contributed by atoms with E-state index >= 15 is 0 Å². The highest BCUT2D eigenvalue weighted by molar-refractivity contribution is 6.30. The van der Waals surface area contributed by atoms with Crippen molar-refractivity contribution in [2.45, 2.75) is 25.9 Å². The Kier molecular flexibility index (Phi) is 4.60. The summed E-state index contributed by atoms with van der Waals surface area (Å²) in [7, 11) is 0. The Balaban J connectivity index is 1.38. The molecule has 26 heavy (non-hydrogen) atoms. The maximum Gasteiger partial charge on any atom is 0.270 e. The number of aryl methyl sites for hydroxylation is 1. The molecule has 0 spiro atoms. The molecule has 4 rings (SSSR count). The fraction of sp³-hybridized carbons (Fsp3) is 0.286. The lowest BCUT2D eigenvalue weighted by molar-refractivity contribution is 0.0591. The molecule has 1 N–H and O–H groups in total. The van der Waals surface area contributed by atoms with Crippen molar-refractivity contribution in [3.05, 3.63) is 64.8 Å². The first-order valence-electron chi connectivity index (χ1n) is 8.89. The van der Waals surface area contributed by atoms with Crippen molar-refractivity contribution in [1.29, 1.82) is 0 Å². The van der Waals surface area contributed by atoms with Crippen LogP contribution in [0.5, 0.6) is 5.75 Å². The number of nitrogens with one attached hydrogen (secondary N) is 1. The van der Waals surface area contributed by atoms with Gasteiger partial charge in [0.2, 0.25) is 0 Å². The van der Waals surface area contributed by atoms with E-state index in [-0.39, 0.29) is 12.0 Å². The van der Waals surface area contributed by atoms with Gasteiger partial charge in [0.05, 0.1) is 0 Å². The zero-order chi connectivity index (χ0) is 18.1. The van der Waals surface area contributed by atoms with Gasteiger partial charge in [0.15, 0.2) is 0 Å². The lowest BCUT2D eigenvalue weighted by atomic mass is 10.1. The first kappa shape index (κ1) is 17.0. The van der Waals surface area contributed by atoms with Gasteiger partial charge in [-0.25, -0.2) is 0 Å². The van der Waals surface area contributed by atoms with Crippen LogP contribution in [0.25, 0.3) is 10.9 Å². The van der Waals surface area contributed by atoms with Crippen LogP contribution in [0.3, 0.4) is 0 Å². The van der Waals surface area contributed by atoms with Gasteiger partial charge in [-0.1, -0.05) is 23.7 Å². The number of hydrogen-bond donors (Lipinski definition) is 1. The molecular weight excluding hydrogens is 348 g/mol. The molecule has 134 valence electrons. The average molecular weight is 369 g/mol. The van der Waals surface area contributed by atoms with Crippen LogP contribution in [0, 0.1) is 6.92 Å². The number of H-pyrrole nitrogens is 1. The summed E-state index contributed by atoms with van der Waals surface area (Å²) < 4.78 is 6.00. The molecule has 1 fully saturated rings. The monoisotopic (exact) mass is 368 g/mol. The Morgan fingerprint density at radius 3 is 2.58 bits per heavy atom. The number of nitrogens with zero attached hydrogens (tertiary/aromatic N) is 1. The maximum atomic E-state index is 12.8. The number of aromatic amines is 1. The highest BCUT2D eigenvalue weighted by Crippen LogP contribution is 2.23. The number of rotatable bonds is 3. The molecule has 1 amide bonds. The fourth-order valence-corrected chi connectivity index (χ4v) is 3.53. The minimum Gasteiger partial charge on any atom is -0.490 e. The summed E-state index contributed by atoms with van der Waals surface area (Å²) in [5.41, 5.74) is 2.84. The molecule has 0 unspecified atom stereocenters. The topological polar surface area (TPSA) is 45.3 Å². The molecule has 0 saturated carbocycles. The lowest BCUT2D eigenvalue weighted by Crippen LogP contribution is -2.41. The molecule has 2 aromatic carbocycles. The second kappa shape index (κ2) is 7.04. The van der Waals surface area contributed by atoms with Crippen LogP contribution in [0.15, 0.2) is 48.5 Å². The van der Waals surface area contributed by atoms with E-state index in [1.807, 2.05) is 48.2 Å². The highest BCUT2D eigenvalue weighted by atomic mass is 35.5. The number of amides is 1. The van der Waals surface area contributed by atoms with E-state index in [9.17, 15) is 4.79 Å². The number of aromatic nitrogens is 1. The van der Waals surface area contributed by atoms with Crippen LogP contribution in [0.4, 0.5) is 0 Å². The van der Waals surface area contributed by atoms with Gasteiger partial charge in [-0.3, -0.25) is 4.79 Å². The molecule has 0 atom stereocenters. The predicted molar refractivity (Wildman–Crippen MR) is 104 cm³/mol. The number of piperidine rings is 1. The highest BCUT2D eigenvalue weighted by Gasteiger charge is 2.25. The van der Waals surface area contributed by atoms with Gasteiger partial charge in [-0.15, -0.1) is 0 Å². The molecule has 5 heteroatoms. The Hall–Kier alpha value is -2.46. The Morgan fingerprint density at radius 2 is 1.85 bits per heavy atom. The van der Waals surface area contributed by atoms with Crippen LogP contribution < -0.4 is 4.74 Å². The molecule has 0 bridgehead atoms. The van der Waals surface area contributed by atoms with Gasteiger partial charge in [-0.2, -0.15) is 0 Å². The second-order valence-electron chi connectivity index (χ2n) is 6.84. The standard InChI is InChI=1S/C21H21ClN2O2/c1-14-2-3-15-13-20(23-19(15)12-14)21(25)24-10-8-18(9-11-24)26-17-6-4-16(22)5-7-17/h2-7,12-13,18,23H,8-11H2,1H3. The normalized spacial score (nSPS) is 15.4. The Labute approximate surface area is 157 Å². The summed E-state index contributed by atoms with van der Waals surface area (Å²) in [5, 5.41) is 1.77. The van der Waals surface area contributed by atoms with Gasteiger partial charge < -0.3 is 14.6 Å². The molecule has 1 saturated heterocycles. The lowest BCUT2D eigenvalue weighted by Gasteiger charge is -2.32. The van der Waals surface area contributed by atoms with Gasteiger partial charge in [0.25, 0.3) is 5.91 Å². The molecule has 0 radical (unpaired) electrons. The number of ether oxygens (including phenoxy) is 1. The Bertz CT molecular complexity index is 925. The fourth-order valence-electron chi connectivity index (χ4n) is 3.41. The van der Waals surface area contributed by atoms with Crippen molar-refractivity contribution in [1.82, 2.24) is 9.88 Å². The third-order valence-electron chi connectivity index (χ3n) is 4.85. The van der Waals surface area contributed by atoms with Crippen LogP contribution in [0.2, 0.25) is 5.02 Å². The molecule has 0 aliphatic carbocycles. The zero-order valence-corrected chi connectivity index (χ0v) is 15.4. The third-order valence-corrected chi connectivity index (χ3v) is 5.11. The van der Waals surface area contributed by atoms with Gasteiger partial charge in [0, 0.05) is 41.9 Å². The quantitative estimate of drug-likeness (QED) is 0.720. The molecule has 1 aromatic heterocycles. The van der Waals surface area contributed by atoms with Crippen molar-refractivity contribution < 1.29 is 9.53 Å². The molecule has 1 aliphatic heterocycles. The predicted octanol–water partition coefficient (Wildman–Crippen LogP) is 4.81. The molecule has 1 aliphatic rings. The summed E-state index contributed by atoms with van der Waals surface area (Å²) in [6, 6.07) is 15.5. The summed E-state index contributed by atoms with van der Waals surface area (Å²) in [4.78, 5) is 18.0. The summed E-state index contributed by atoms with van der Waals surface area (Å²) in [6.07, 6.45) is 1.78. The molecule has 2 heterocycles. The second-order valence-corrected chi connectivity index (χ2v) is 7.27. The SMILES string of the molecule is Cc1ccc2cc(C(=O)N3CCC(Oc4ccc(Cl)cc4)CC3)[nH]c2c1. The van der Waals surface area contributed by atoms with Crippen LogP contribution >= 0.6 is 11.6 Å².